The minimum absolute atomic E-state index is 0.164. The Kier molecular flexibility index (Phi) is 4.53. The van der Waals surface area contributed by atoms with Crippen molar-refractivity contribution in [3.63, 3.8) is 0 Å². The molecule has 0 saturated carbocycles. The maximum atomic E-state index is 10.7. The number of carbonyl (C=O) groups is 1. The summed E-state index contributed by atoms with van der Waals surface area (Å²) in [6.45, 7) is 0.648. The molecule has 1 N–H and O–H groups in total. The summed E-state index contributed by atoms with van der Waals surface area (Å²) in [5.41, 5.74) is 3.65. The van der Waals surface area contributed by atoms with Crippen molar-refractivity contribution in [3.8, 4) is 11.1 Å². The van der Waals surface area contributed by atoms with Crippen LogP contribution < -0.4 is 5.32 Å². The maximum Gasteiger partial charge on any atom is 0.287 e. The Bertz CT molecular complexity index is 508. The van der Waals surface area contributed by atoms with Gasteiger partial charge in [-0.2, -0.15) is 0 Å². The molecule has 0 aromatic heterocycles. The lowest BCUT2D eigenvalue weighted by atomic mass is 10.0. The van der Waals surface area contributed by atoms with Crippen molar-refractivity contribution in [1.82, 2.24) is 5.32 Å². The fourth-order valence-corrected chi connectivity index (χ4v) is 2.00. The largest absolute Gasteiger partial charge is 0.346 e. The summed E-state index contributed by atoms with van der Waals surface area (Å²) in [5, 5.41) is 2.72. The number of benzene rings is 2. The molecule has 0 spiro atoms. The predicted molar refractivity (Wildman–Crippen MR) is 77.9 cm³/mol. The monoisotopic (exact) mass is 303 g/mol. The highest BCUT2D eigenvalue weighted by molar-refractivity contribution is 9.18. The number of halogens is 1. The zero-order chi connectivity index (χ0) is 12.8. The van der Waals surface area contributed by atoms with E-state index in [2.05, 4.69) is 57.6 Å². The topological polar surface area (TPSA) is 29.1 Å². The summed E-state index contributed by atoms with van der Waals surface area (Å²) in [6, 6.07) is 18.7. The van der Waals surface area contributed by atoms with Crippen molar-refractivity contribution in [1.29, 1.82) is 0 Å². The second kappa shape index (κ2) is 6.36. The van der Waals surface area contributed by atoms with Crippen LogP contribution in [0, 0.1) is 0 Å². The van der Waals surface area contributed by atoms with Crippen LogP contribution in [0.15, 0.2) is 54.6 Å². The van der Waals surface area contributed by atoms with Gasteiger partial charge in [0, 0.05) is 22.5 Å². The van der Waals surface area contributed by atoms with Gasteiger partial charge >= 0.3 is 0 Å². The second-order valence-corrected chi connectivity index (χ2v) is 4.73. The zero-order valence-electron chi connectivity index (χ0n) is 9.90. The van der Waals surface area contributed by atoms with E-state index < -0.39 is 0 Å². The highest BCUT2D eigenvalue weighted by atomic mass is 79.9. The van der Waals surface area contributed by atoms with Crippen molar-refractivity contribution in [2.75, 3.05) is 6.54 Å². The van der Waals surface area contributed by atoms with Crippen LogP contribution in [0.2, 0.25) is 0 Å². The first-order valence-electron chi connectivity index (χ1n) is 5.83. The molecule has 0 aliphatic heterocycles. The van der Waals surface area contributed by atoms with Gasteiger partial charge in [0.1, 0.15) is 0 Å². The third-order valence-corrected chi connectivity index (χ3v) is 3.02. The molecule has 2 aromatic rings. The molecule has 0 atom stereocenters. The van der Waals surface area contributed by atoms with Gasteiger partial charge in [-0.3, -0.25) is 4.79 Å². The minimum Gasteiger partial charge on any atom is -0.346 e. The van der Waals surface area contributed by atoms with Crippen LogP contribution in [-0.2, 0) is 6.42 Å². The third-order valence-electron chi connectivity index (χ3n) is 2.74. The van der Waals surface area contributed by atoms with E-state index in [9.17, 15) is 4.79 Å². The van der Waals surface area contributed by atoms with Gasteiger partial charge in [-0.05, 0) is 23.1 Å². The lowest BCUT2D eigenvalue weighted by molar-refractivity contribution is 0.262. The standard InChI is InChI=1S/C15H14BrNO/c16-15(18)17-11-10-12-6-8-14(9-7-12)13-4-2-1-3-5-13/h1-9H,10-11H2,(H,17,18). The molecule has 0 bridgehead atoms. The van der Waals surface area contributed by atoms with E-state index >= 15 is 0 Å². The average Bonchev–Trinajstić information content (AvgIpc) is 2.40. The van der Waals surface area contributed by atoms with Gasteiger partial charge in [0.15, 0.2) is 0 Å². The van der Waals surface area contributed by atoms with Crippen LogP contribution >= 0.6 is 15.9 Å². The molecule has 18 heavy (non-hydrogen) atoms. The molecule has 0 aliphatic rings. The molecule has 2 nitrogen and oxygen atoms in total. The average molecular weight is 304 g/mol. The molecule has 0 saturated heterocycles. The van der Waals surface area contributed by atoms with Gasteiger partial charge in [-0.15, -0.1) is 0 Å². The quantitative estimate of drug-likeness (QED) is 0.671. The molecule has 2 aromatic carbocycles. The SMILES string of the molecule is O=C(Br)NCCc1ccc(-c2ccccc2)cc1. The first kappa shape index (κ1) is 12.8. The Morgan fingerprint density at radius 2 is 1.56 bits per heavy atom. The summed E-state index contributed by atoms with van der Waals surface area (Å²) >= 11 is 2.84. The summed E-state index contributed by atoms with van der Waals surface area (Å²) in [6.07, 6.45) is 0.840. The number of nitrogens with one attached hydrogen (secondary N) is 1. The van der Waals surface area contributed by atoms with Crippen LogP contribution in [0.4, 0.5) is 4.79 Å². The molecule has 3 heteroatoms. The van der Waals surface area contributed by atoms with Crippen molar-refractivity contribution in [2.24, 2.45) is 0 Å². The van der Waals surface area contributed by atoms with Gasteiger partial charge < -0.3 is 5.32 Å². The fraction of sp³-hybridized carbons (Fsp3) is 0.133. The number of rotatable bonds is 4. The Morgan fingerprint density at radius 3 is 2.17 bits per heavy atom. The minimum atomic E-state index is -0.164. The smallest absolute Gasteiger partial charge is 0.287 e. The Hall–Kier alpha value is -1.61. The molecule has 2 rings (SSSR count). The molecule has 0 unspecified atom stereocenters. The number of amides is 1. The van der Waals surface area contributed by atoms with E-state index in [1.165, 1.54) is 16.7 Å². The maximum absolute atomic E-state index is 10.7. The van der Waals surface area contributed by atoms with Crippen LogP contribution in [0.3, 0.4) is 0 Å². The second-order valence-electron chi connectivity index (χ2n) is 4.01. The lowest BCUT2D eigenvalue weighted by Crippen LogP contribution is -2.18. The van der Waals surface area contributed by atoms with Crippen molar-refractivity contribution < 1.29 is 4.79 Å². The van der Waals surface area contributed by atoms with Crippen molar-refractivity contribution in [3.05, 3.63) is 60.2 Å². The van der Waals surface area contributed by atoms with Crippen LogP contribution in [0.1, 0.15) is 5.56 Å². The van der Waals surface area contributed by atoms with E-state index in [0.29, 0.717) is 6.54 Å². The first-order valence-corrected chi connectivity index (χ1v) is 6.63. The van der Waals surface area contributed by atoms with Gasteiger partial charge in [-0.25, -0.2) is 0 Å². The van der Waals surface area contributed by atoms with E-state index in [1.54, 1.807) is 0 Å². The van der Waals surface area contributed by atoms with Gasteiger partial charge in [0.2, 0.25) is 0 Å². The Morgan fingerprint density at radius 1 is 0.944 bits per heavy atom. The third kappa shape index (κ3) is 3.70. The summed E-state index contributed by atoms with van der Waals surface area (Å²) in [7, 11) is 0. The lowest BCUT2D eigenvalue weighted by Gasteiger charge is -2.05. The summed E-state index contributed by atoms with van der Waals surface area (Å²) in [5.74, 6) is 0. The summed E-state index contributed by atoms with van der Waals surface area (Å²) in [4.78, 5) is 10.5. The molecular weight excluding hydrogens is 290 g/mol. The summed E-state index contributed by atoms with van der Waals surface area (Å²) < 4.78 is 0. The highest BCUT2D eigenvalue weighted by Crippen LogP contribution is 2.19. The first-order chi connectivity index (χ1) is 8.75. The number of hydrogen-bond donors (Lipinski definition) is 1. The van der Waals surface area contributed by atoms with Crippen LogP contribution in [0.25, 0.3) is 11.1 Å². The van der Waals surface area contributed by atoms with Crippen molar-refractivity contribution >= 4 is 20.7 Å². The fourth-order valence-electron chi connectivity index (χ4n) is 1.80. The zero-order valence-corrected chi connectivity index (χ0v) is 11.5. The highest BCUT2D eigenvalue weighted by Gasteiger charge is 1.98. The number of hydrogen-bond acceptors (Lipinski definition) is 1. The normalized spacial score (nSPS) is 10.1. The Balaban J connectivity index is 2.00. The number of carbonyl (C=O) groups excluding carboxylic acids is 1. The molecule has 92 valence electrons. The molecule has 0 heterocycles. The van der Waals surface area contributed by atoms with Crippen LogP contribution in [0.5, 0.6) is 0 Å². The van der Waals surface area contributed by atoms with E-state index in [4.69, 9.17) is 0 Å². The molecule has 0 aliphatic carbocycles. The predicted octanol–water partition coefficient (Wildman–Crippen LogP) is 4.00. The van der Waals surface area contributed by atoms with Gasteiger partial charge in [0.25, 0.3) is 4.82 Å². The molecule has 0 radical (unpaired) electrons. The van der Waals surface area contributed by atoms with Gasteiger partial charge in [-0.1, -0.05) is 54.6 Å². The van der Waals surface area contributed by atoms with E-state index in [-0.39, 0.29) is 4.82 Å². The van der Waals surface area contributed by atoms with E-state index in [1.807, 2.05) is 18.2 Å². The molecule has 1 amide bonds. The molecular formula is C15H14BrNO. The van der Waals surface area contributed by atoms with Crippen molar-refractivity contribution in [2.45, 2.75) is 6.42 Å². The van der Waals surface area contributed by atoms with Gasteiger partial charge in [0.05, 0.1) is 0 Å². The van der Waals surface area contributed by atoms with E-state index in [0.717, 1.165) is 6.42 Å². The molecule has 0 fully saturated rings. The Labute approximate surface area is 115 Å². The van der Waals surface area contributed by atoms with Crippen LogP contribution in [-0.4, -0.2) is 11.4 Å².